The molecule has 0 unspecified atom stereocenters. The number of rotatable bonds is 2. The minimum absolute atomic E-state index is 0.697. The summed E-state index contributed by atoms with van der Waals surface area (Å²) in [5.41, 5.74) is 1.07. The molecule has 0 aromatic heterocycles. The lowest BCUT2D eigenvalue weighted by Gasteiger charge is -1.99. The molecule has 0 aliphatic carbocycles. The zero-order valence-corrected chi connectivity index (χ0v) is 6.99. The zero-order valence-electron chi connectivity index (χ0n) is 5.34. The van der Waals surface area contributed by atoms with Crippen LogP contribution in [0.3, 0.4) is 0 Å². The Bertz CT molecular complexity index is 215. The fraction of sp³-hybridized carbons (Fsp3) is 0.143. The fourth-order valence-corrected chi connectivity index (χ4v) is 1.10. The van der Waals surface area contributed by atoms with Gasteiger partial charge >= 0.3 is 0 Å². The first kappa shape index (κ1) is 7.92. The molecule has 0 heterocycles. The van der Waals surface area contributed by atoms with Crippen molar-refractivity contribution < 1.29 is 0 Å². The maximum atomic E-state index is 5.83. The molecule has 0 fully saturated rings. The monoisotopic (exact) mass is 173 g/mol. The van der Waals surface area contributed by atoms with E-state index >= 15 is 0 Å². The van der Waals surface area contributed by atoms with Crippen LogP contribution in [0.5, 0.6) is 0 Å². The van der Waals surface area contributed by atoms with Crippen LogP contribution in [0.2, 0.25) is 5.02 Å². The number of halogens is 1. The van der Waals surface area contributed by atoms with Gasteiger partial charge in [-0.25, -0.2) is 0 Å². The first-order valence-corrected chi connectivity index (χ1v) is 3.77. The van der Waals surface area contributed by atoms with Crippen LogP contribution in [0.25, 0.3) is 0 Å². The van der Waals surface area contributed by atoms with Gasteiger partial charge in [-0.15, -0.1) is 0 Å². The van der Waals surface area contributed by atoms with Crippen LogP contribution in [0.4, 0.5) is 0 Å². The predicted molar refractivity (Wildman–Crippen MR) is 47.3 cm³/mol. The molecule has 0 bridgehead atoms. The largest absolute Gasteiger partial charge is 0.262 e. The van der Waals surface area contributed by atoms with Gasteiger partial charge in [-0.2, -0.15) is 0 Å². The van der Waals surface area contributed by atoms with E-state index in [9.17, 15) is 0 Å². The second-order valence-electron chi connectivity index (χ2n) is 1.93. The summed E-state index contributed by atoms with van der Waals surface area (Å²) in [5, 5.41) is 0.782. The van der Waals surface area contributed by atoms with Gasteiger partial charge in [0, 0.05) is 11.6 Å². The molecule has 0 amide bonds. The molecule has 3 heteroatoms. The maximum Gasteiger partial charge on any atom is 0.0451 e. The second kappa shape index (κ2) is 3.86. The highest BCUT2D eigenvalue weighted by Crippen LogP contribution is 2.13. The van der Waals surface area contributed by atoms with Crippen molar-refractivity contribution in [2.75, 3.05) is 0 Å². The van der Waals surface area contributed by atoms with Gasteiger partial charge in [0.15, 0.2) is 0 Å². The quantitative estimate of drug-likeness (QED) is 0.654. The molecular formula is C7H8ClNS. The molecule has 0 aliphatic rings. The van der Waals surface area contributed by atoms with Crippen LogP contribution in [-0.2, 0) is 6.54 Å². The van der Waals surface area contributed by atoms with Gasteiger partial charge in [0.25, 0.3) is 0 Å². The summed E-state index contributed by atoms with van der Waals surface area (Å²) >= 11 is 9.70. The van der Waals surface area contributed by atoms with E-state index in [0.29, 0.717) is 6.54 Å². The first-order chi connectivity index (χ1) is 4.84. The average molecular weight is 174 g/mol. The van der Waals surface area contributed by atoms with Crippen molar-refractivity contribution >= 4 is 24.4 Å². The molecule has 1 aromatic carbocycles. The number of thiol groups is 1. The average Bonchev–Trinajstić information content (AvgIpc) is 1.94. The lowest BCUT2D eigenvalue weighted by Crippen LogP contribution is -1.98. The molecule has 0 aliphatic heterocycles. The minimum atomic E-state index is 0.697. The Morgan fingerprint density at radius 1 is 1.40 bits per heavy atom. The van der Waals surface area contributed by atoms with Gasteiger partial charge in [0.1, 0.15) is 0 Å². The Morgan fingerprint density at radius 3 is 2.70 bits per heavy atom. The predicted octanol–water partition coefficient (Wildman–Crippen LogP) is 2.27. The Kier molecular flexibility index (Phi) is 3.06. The van der Waals surface area contributed by atoms with Gasteiger partial charge in [-0.3, -0.25) is 4.72 Å². The molecule has 0 saturated carbocycles. The Balaban J connectivity index is 2.81. The van der Waals surface area contributed by atoms with Crippen molar-refractivity contribution in [3.63, 3.8) is 0 Å². The molecule has 1 N–H and O–H groups in total. The van der Waals surface area contributed by atoms with Crippen molar-refractivity contribution in [2.24, 2.45) is 0 Å². The summed E-state index contributed by atoms with van der Waals surface area (Å²) in [4.78, 5) is 0. The smallest absolute Gasteiger partial charge is 0.0451 e. The van der Waals surface area contributed by atoms with E-state index < -0.39 is 0 Å². The SMILES string of the molecule is SNCc1ccccc1Cl. The van der Waals surface area contributed by atoms with Crippen molar-refractivity contribution in [1.29, 1.82) is 0 Å². The summed E-state index contributed by atoms with van der Waals surface area (Å²) < 4.78 is 2.73. The lowest BCUT2D eigenvalue weighted by atomic mass is 10.2. The molecule has 54 valence electrons. The number of benzene rings is 1. The van der Waals surface area contributed by atoms with Gasteiger partial charge < -0.3 is 0 Å². The van der Waals surface area contributed by atoms with Gasteiger partial charge in [0.05, 0.1) is 0 Å². The van der Waals surface area contributed by atoms with Crippen LogP contribution < -0.4 is 4.72 Å². The summed E-state index contributed by atoms with van der Waals surface area (Å²) in [5.74, 6) is 0. The normalized spacial score (nSPS) is 9.80. The third-order valence-electron chi connectivity index (χ3n) is 1.23. The molecule has 0 atom stereocenters. The van der Waals surface area contributed by atoms with Crippen LogP contribution in [0.1, 0.15) is 5.56 Å². The van der Waals surface area contributed by atoms with Crippen molar-refractivity contribution in [2.45, 2.75) is 6.54 Å². The van der Waals surface area contributed by atoms with Crippen molar-refractivity contribution in [3.05, 3.63) is 34.9 Å². The number of hydrogen-bond acceptors (Lipinski definition) is 2. The topological polar surface area (TPSA) is 12.0 Å². The van der Waals surface area contributed by atoms with Crippen molar-refractivity contribution in [3.8, 4) is 0 Å². The minimum Gasteiger partial charge on any atom is -0.262 e. The van der Waals surface area contributed by atoms with E-state index in [1.807, 2.05) is 24.3 Å². The lowest BCUT2D eigenvalue weighted by molar-refractivity contribution is 0.986. The highest BCUT2D eigenvalue weighted by Gasteiger charge is 1.94. The summed E-state index contributed by atoms with van der Waals surface area (Å²) in [7, 11) is 0. The molecule has 1 aromatic rings. The number of nitrogens with one attached hydrogen (secondary N) is 1. The van der Waals surface area contributed by atoms with Crippen LogP contribution >= 0.6 is 24.4 Å². The van der Waals surface area contributed by atoms with E-state index in [1.54, 1.807) is 0 Å². The number of hydrogen-bond donors (Lipinski definition) is 2. The Morgan fingerprint density at radius 2 is 2.10 bits per heavy atom. The zero-order chi connectivity index (χ0) is 7.40. The molecular weight excluding hydrogens is 166 g/mol. The highest BCUT2D eigenvalue weighted by molar-refractivity contribution is 7.78. The molecule has 1 rings (SSSR count). The van der Waals surface area contributed by atoms with Crippen molar-refractivity contribution in [1.82, 2.24) is 4.72 Å². The Hall–Kier alpha value is -0.180. The van der Waals surface area contributed by atoms with Gasteiger partial charge in [0.2, 0.25) is 0 Å². The van der Waals surface area contributed by atoms with Crippen LogP contribution in [0.15, 0.2) is 24.3 Å². The summed E-state index contributed by atoms with van der Waals surface area (Å²) in [6, 6.07) is 7.68. The van der Waals surface area contributed by atoms with Crippen LogP contribution in [-0.4, -0.2) is 0 Å². The van der Waals surface area contributed by atoms with E-state index in [2.05, 4.69) is 17.5 Å². The highest BCUT2D eigenvalue weighted by atomic mass is 35.5. The molecule has 0 saturated heterocycles. The van der Waals surface area contributed by atoms with E-state index in [0.717, 1.165) is 10.6 Å². The summed E-state index contributed by atoms with van der Waals surface area (Å²) in [6.45, 7) is 0.697. The second-order valence-corrected chi connectivity index (χ2v) is 2.65. The van der Waals surface area contributed by atoms with E-state index in [-0.39, 0.29) is 0 Å². The fourth-order valence-electron chi connectivity index (χ4n) is 0.727. The first-order valence-electron chi connectivity index (χ1n) is 2.95. The third kappa shape index (κ3) is 1.90. The third-order valence-corrected chi connectivity index (χ3v) is 1.75. The molecule has 10 heavy (non-hydrogen) atoms. The van der Waals surface area contributed by atoms with Gasteiger partial charge in [-0.05, 0) is 11.6 Å². The standard InChI is InChI=1S/C7H8ClNS/c8-7-4-2-1-3-6(7)5-9-10/h1-4,9-10H,5H2. The molecule has 1 nitrogen and oxygen atoms in total. The summed E-state index contributed by atoms with van der Waals surface area (Å²) in [6.07, 6.45) is 0. The van der Waals surface area contributed by atoms with E-state index in [4.69, 9.17) is 11.6 Å². The van der Waals surface area contributed by atoms with E-state index in [1.165, 1.54) is 0 Å². The Labute approximate surface area is 70.9 Å². The maximum absolute atomic E-state index is 5.83. The molecule has 0 radical (unpaired) electrons. The molecule has 0 spiro atoms. The van der Waals surface area contributed by atoms with Gasteiger partial charge in [-0.1, -0.05) is 42.6 Å². The van der Waals surface area contributed by atoms with Crippen LogP contribution in [0, 0.1) is 0 Å².